The molecule has 1 saturated heterocycles. The summed E-state index contributed by atoms with van der Waals surface area (Å²) in [6, 6.07) is 15.5. The van der Waals surface area contributed by atoms with E-state index in [0.29, 0.717) is 37.0 Å². The van der Waals surface area contributed by atoms with Crippen LogP contribution in [-0.4, -0.2) is 40.7 Å². The van der Waals surface area contributed by atoms with Crippen molar-refractivity contribution in [3.8, 4) is 5.75 Å². The lowest BCUT2D eigenvalue weighted by molar-refractivity contribution is -0.134. The van der Waals surface area contributed by atoms with Crippen molar-refractivity contribution in [2.75, 3.05) is 19.7 Å². The summed E-state index contributed by atoms with van der Waals surface area (Å²) in [5.74, 6) is 1.40. The number of likely N-dealkylation sites (tertiary alicyclic amines) is 1. The van der Waals surface area contributed by atoms with Crippen LogP contribution < -0.4 is 4.74 Å². The summed E-state index contributed by atoms with van der Waals surface area (Å²) in [7, 11) is 0. The first-order chi connectivity index (χ1) is 14.2. The Labute approximate surface area is 168 Å². The molecule has 1 amide bonds. The molecule has 29 heavy (non-hydrogen) atoms. The molecule has 3 aromatic rings. The molecule has 150 valence electrons. The molecule has 1 atom stereocenters. The summed E-state index contributed by atoms with van der Waals surface area (Å²) in [5, 5.41) is 8.30. The second kappa shape index (κ2) is 8.86. The van der Waals surface area contributed by atoms with E-state index in [4.69, 9.17) is 9.15 Å². The van der Waals surface area contributed by atoms with Crippen LogP contribution in [-0.2, 0) is 11.2 Å². The van der Waals surface area contributed by atoms with Crippen molar-refractivity contribution in [1.29, 1.82) is 0 Å². The number of piperidine rings is 1. The van der Waals surface area contributed by atoms with Crippen LogP contribution in [0.1, 0.15) is 36.1 Å². The van der Waals surface area contributed by atoms with E-state index < -0.39 is 0 Å². The zero-order valence-electron chi connectivity index (χ0n) is 16.0. The zero-order valence-corrected chi connectivity index (χ0v) is 16.0. The van der Waals surface area contributed by atoms with Gasteiger partial charge in [0.05, 0.1) is 12.3 Å². The van der Waals surface area contributed by atoms with Gasteiger partial charge in [-0.25, -0.2) is 4.39 Å². The monoisotopic (exact) mass is 395 g/mol. The van der Waals surface area contributed by atoms with E-state index in [1.807, 2.05) is 30.3 Å². The molecule has 6 nitrogen and oxygen atoms in total. The number of para-hydroxylation sites is 1. The number of halogens is 1. The van der Waals surface area contributed by atoms with Crippen molar-refractivity contribution < 1.29 is 18.3 Å². The molecule has 1 fully saturated rings. The summed E-state index contributed by atoms with van der Waals surface area (Å²) in [4.78, 5) is 14.3. The molecule has 1 unspecified atom stereocenters. The van der Waals surface area contributed by atoms with E-state index >= 15 is 0 Å². The average Bonchev–Trinajstić information content (AvgIpc) is 3.23. The minimum atomic E-state index is -0.275. The van der Waals surface area contributed by atoms with Crippen LogP contribution in [0.4, 0.5) is 4.39 Å². The predicted molar refractivity (Wildman–Crippen MR) is 104 cm³/mol. The van der Waals surface area contributed by atoms with Crippen LogP contribution in [0.2, 0.25) is 0 Å². The average molecular weight is 395 g/mol. The molecule has 0 spiro atoms. The highest BCUT2D eigenvalue weighted by atomic mass is 19.1. The van der Waals surface area contributed by atoms with Gasteiger partial charge in [-0.2, -0.15) is 0 Å². The lowest BCUT2D eigenvalue weighted by Gasteiger charge is -2.31. The Kier molecular flexibility index (Phi) is 5.84. The Hall–Kier alpha value is -3.22. The Morgan fingerprint density at radius 2 is 1.93 bits per heavy atom. The SMILES string of the molecule is O=C(COc1ccccc1)N1CCCC(c2nnc(Cc3ccc(F)cc3)o2)C1. The molecular weight excluding hydrogens is 373 g/mol. The number of hydrogen-bond acceptors (Lipinski definition) is 5. The Morgan fingerprint density at radius 3 is 2.72 bits per heavy atom. The Balaban J connectivity index is 1.34. The lowest BCUT2D eigenvalue weighted by atomic mass is 9.98. The number of carbonyl (C=O) groups is 1. The zero-order chi connectivity index (χ0) is 20.1. The predicted octanol–water partition coefficient (Wildman–Crippen LogP) is 3.58. The van der Waals surface area contributed by atoms with Gasteiger partial charge in [0.25, 0.3) is 5.91 Å². The normalized spacial score (nSPS) is 16.6. The minimum Gasteiger partial charge on any atom is -0.484 e. The summed E-state index contributed by atoms with van der Waals surface area (Å²) >= 11 is 0. The fourth-order valence-electron chi connectivity index (χ4n) is 3.44. The molecule has 0 N–H and O–H groups in total. The topological polar surface area (TPSA) is 68.5 Å². The van der Waals surface area contributed by atoms with Crippen LogP contribution >= 0.6 is 0 Å². The van der Waals surface area contributed by atoms with E-state index in [-0.39, 0.29) is 24.2 Å². The van der Waals surface area contributed by atoms with Crippen molar-refractivity contribution >= 4 is 5.91 Å². The van der Waals surface area contributed by atoms with Crippen molar-refractivity contribution in [2.45, 2.75) is 25.2 Å². The lowest BCUT2D eigenvalue weighted by Crippen LogP contribution is -2.41. The van der Waals surface area contributed by atoms with E-state index in [9.17, 15) is 9.18 Å². The highest BCUT2D eigenvalue weighted by Gasteiger charge is 2.28. The molecule has 0 saturated carbocycles. The quantitative estimate of drug-likeness (QED) is 0.638. The first-order valence-corrected chi connectivity index (χ1v) is 9.70. The molecule has 0 bridgehead atoms. The van der Waals surface area contributed by atoms with Gasteiger partial charge < -0.3 is 14.1 Å². The molecule has 2 heterocycles. The maximum absolute atomic E-state index is 13.0. The molecule has 1 aliphatic heterocycles. The van der Waals surface area contributed by atoms with E-state index in [1.165, 1.54) is 12.1 Å². The van der Waals surface area contributed by atoms with Crippen molar-refractivity contribution in [3.05, 3.63) is 77.8 Å². The molecule has 4 rings (SSSR count). The number of carbonyl (C=O) groups excluding carboxylic acids is 1. The highest BCUT2D eigenvalue weighted by Crippen LogP contribution is 2.26. The van der Waals surface area contributed by atoms with Gasteiger partial charge in [-0.1, -0.05) is 30.3 Å². The third kappa shape index (κ3) is 4.99. The van der Waals surface area contributed by atoms with Gasteiger partial charge in [0.2, 0.25) is 11.8 Å². The third-order valence-electron chi connectivity index (χ3n) is 4.98. The fourth-order valence-corrected chi connectivity index (χ4v) is 3.44. The van der Waals surface area contributed by atoms with Crippen LogP contribution in [0.3, 0.4) is 0 Å². The maximum atomic E-state index is 13.0. The number of hydrogen-bond donors (Lipinski definition) is 0. The van der Waals surface area contributed by atoms with Gasteiger partial charge in [-0.3, -0.25) is 4.79 Å². The van der Waals surface area contributed by atoms with Crippen molar-refractivity contribution in [1.82, 2.24) is 15.1 Å². The van der Waals surface area contributed by atoms with E-state index in [1.54, 1.807) is 17.0 Å². The van der Waals surface area contributed by atoms with Crippen molar-refractivity contribution in [2.24, 2.45) is 0 Å². The first kappa shape index (κ1) is 19.1. The summed E-state index contributed by atoms with van der Waals surface area (Å²) in [5.41, 5.74) is 0.903. The Bertz CT molecular complexity index is 943. The third-order valence-corrected chi connectivity index (χ3v) is 4.98. The highest BCUT2D eigenvalue weighted by molar-refractivity contribution is 5.78. The maximum Gasteiger partial charge on any atom is 0.260 e. The smallest absolute Gasteiger partial charge is 0.260 e. The van der Waals surface area contributed by atoms with Crippen LogP contribution in [0.5, 0.6) is 5.75 Å². The minimum absolute atomic E-state index is 0.0103. The first-order valence-electron chi connectivity index (χ1n) is 9.70. The van der Waals surface area contributed by atoms with Gasteiger partial charge in [-0.15, -0.1) is 10.2 Å². The molecule has 7 heteroatoms. The fraction of sp³-hybridized carbons (Fsp3) is 0.318. The standard InChI is InChI=1S/C22H22FN3O3/c23-18-10-8-16(9-11-18)13-20-24-25-22(29-20)17-5-4-12-26(14-17)21(27)15-28-19-6-2-1-3-7-19/h1-3,6-11,17H,4-5,12-15H2. The van der Waals surface area contributed by atoms with E-state index in [0.717, 1.165) is 18.4 Å². The summed E-state index contributed by atoms with van der Waals surface area (Å²) in [6.07, 6.45) is 2.21. The Morgan fingerprint density at radius 1 is 1.14 bits per heavy atom. The molecule has 0 aliphatic carbocycles. The van der Waals surface area contributed by atoms with Crippen LogP contribution in [0, 0.1) is 5.82 Å². The summed E-state index contributed by atoms with van der Waals surface area (Å²) in [6.45, 7) is 1.25. The molecule has 2 aromatic carbocycles. The number of rotatable bonds is 6. The molecule has 1 aromatic heterocycles. The van der Waals surface area contributed by atoms with Gasteiger partial charge in [-0.05, 0) is 42.7 Å². The van der Waals surface area contributed by atoms with Gasteiger partial charge >= 0.3 is 0 Å². The number of amides is 1. The second-order valence-electron chi connectivity index (χ2n) is 7.12. The number of benzene rings is 2. The largest absolute Gasteiger partial charge is 0.484 e. The van der Waals surface area contributed by atoms with Crippen molar-refractivity contribution in [3.63, 3.8) is 0 Å². The van der Waals surface area contributed by atoms with Gasteiger partial charge in [0.15, 0.2) is 6.61 Å². The molecule has 0 radical (unpaired) electrons. The van der Waals surface area contributed by atoms with Gasteiger partial charge in [0, 0.05) is 13.1 Å². The van der Waals surface area contributed by atoms with E-state index in [2.05, 4.69) is 10.2 Å². The molecular formula is C22H22FN3O3. The van der Waals surface area contributed by atoms with Crippen LogP contribution in [0.15, 0.2) is 59.0 Å². The second-order valence-corrected chi connectivity index (χ2v) is 7.12. The van der Waals surface area contributed by atoms with Crippen LogP contribution in [0.25, 0.3) is 0 Å². The number of nitrogens with zero attached hydrogens (tertiary/aromatic N) is 3. The number of ether oxygens (including phenoxy) is 1. The van der Waals surface area contributed by atoms with Gasteiger partial charge in [0.1, 0.15) is 11.6 Å². The number of aromatic nitrogens is 2. The summed E-state index contributed by atoms with van der Waals surface area (Å²) < 4.78 is 24.4. The molecule has 1 aliphatic rings.